The summed E-state index contributed by atoms with van der Waals surface area (Å²) in [7, 11) is -3.46. The number of hydrogen-bond donors (Lipinski definition) is 1. The topological polar surface area (TPSA) is 46.2 Å². The molecule has 0 saturated heterocycles. The van der Waals surface area contributed by atoms with Gasteiger partial charge in [0, 0.05) is 11.9 Å². The van der Waals surface area contributed by atoms with Crippen LogP contribution in [0.15, 0.2) is 23.1 Å². The molecule has 1 aromatic rings. The highest BCUT2D eigenvalue weighted by Gasteiger charge is 2.18. The number of halogens is 1. The number of rotatable bonds is 4. The van der Waals surface area contributed by atoms with Crippen molar-refractivity contribution < 1.29 is 8.42 Å². The van der Waals surface area contributed by atoms with Gasteiger partial charge in [-0.15, -0.1) is 11.6 Å². The van der Waals surface area contributed by atoms with Crippen LogP contribution in [0, 0.1) is 13.8 Å². The zero-order valence-corrected chi connectivity index (χ0v) is 11.2. The molecule has 1 rings (SSSR count). The molecule has 90 valence electrons. The number of alkyl halides is 1. The van der Waals surface area contributed by atoms with E-state index in [2.05, 4.69) is 4.72 Å². The summed E-state index contributed by atoms with van der Waals surface area (Å²) < 4.78 is 26.5. The SMILES string of the molecule is Cc1ccc(C)c(S(=O)(=O)NC(C)CCl)c1. The van der Waals surface area contributed by atoms with Crippen LogP contribution in [0.1, 0.15) is 18.1 Å². The zero-order valence-electron chi connectivity index (χ0n) is 9.62. The van der Waals surface area contributed by atoms with E-state index in [1.807, 2.05) is 13.0 Å². The fraction of sp³-hybridized carbons (Fsp3) is 0.455. The van der Waals surface area contributed by atoms with Gasteiger partial charge >= 0.3 is 0 Å². The Labute approximate surface area is 102 Å². The van der Waals surface area contributed by atoms with E-state index in [0.29, 0.717) is 4.90 Å². The van der Waals surface area contributed by atoms with Crippen molar-refractivity contribution in [2.45, 2.75) is 31.7 Å². The molecular formula is C11H16ClNO2S. The van der Waals surface area contributed by atoms with Gasteiger partial charge in [-0.2, -0.15) is 0 Å². The molecule has 0 amide bonds. The molecule has 1 aromatic carbocycles. The van der Waals surface area contributed by atoms with Crippen molar-refractivity contribution in [1.29, 1.82) is 0 Å². The van der Waals surface area contributed by atoms with Gasteiger partial charge in [0.1, 0.15) is 0 Å². The van der Waals surface area contributed by atoms with E-state index >= 15 is 0 Å². The highest BCUT2D eigenvalue weighted by molar-refractivity contribution is 7.89. The molecule has 1 atom stereocenters. The van der Waals surface area contributed by atoms with Gasteiger partial charge in [-0.25, -0.2) is 13.1 Å². The fourth-order valence-corrected chi connectivity index (χ4v) is 3.10. The fourth-order valence-electron chi connectivity index (χ4n) is 1.36. The monoisotopic (exact) mass is 261 g/mol. The van der Waals surface area contributed by atoms with Gasteiger partial charge in [0.15, 0.2) is 0 Å². The molecule has 0 aromatic heterocycles. The van der Waals surface area contributed by atoms with Crippen molar-refractivity contribution in [3.05, 3.63) is 29.3 Å². The minimum Gasteiger partial charge on any atom is -0.207 e. The summed E-state index contributed by atoms with van der Waals surface area (Å²) in [4.78, 5) is 0.324. The van der Waals surface area contributed by atoms with Crippen LogP contribution in [0.3, 0.4) is 0 Å². The van der Waals surface area contributed by atoms with Crippen molar-refractivity contribution >= 4 is 21.6 Å². The summed E-state index contributed by atoms with van der Waals surface area (Å²) >= 11 is 5.59. The lowest BCUT2D eigenvalue weighted by atomic mass is 10.2. The van der Waals surface area contributed by atoms with Gasteiger partial charge < -0.3 is 0 Å². The highest BCUT2D eigenvalue weighted by atomic mass is 35.5. The predicted molar refractivity (Wildman–Crippen MR) is 66.4 cm³/mol. The third-order valence-electron chi connectivity index (χ3n) is 2.22. The molecule has 0 spiro atoms. The van der Waals surface area contributed by atoms with Crippen LogP contribution in [0.25, 0.3) is 0 Å². The summed E-state index contributed by atoms with van der Waals surface area (Å²) in [5, 5.41) is 0. The first-order valence-electron chi connectivity index (χ1n) is 5.02. The maximum Gasteiger partial charge on any atom is 0.241 e. The summed E-state index contributed by atoms with van der Waals surface area (Å²) in [5.41, 5.74) is 1.66. The van der Waals surface area contributed by atoms with E-state index in [-0.39, 0.29) is 11.9 Å². The summed E-state index contributed by atoms with van der Waals surface area (Å²) in [6.45, 7) is 5.37. The van der Waals surface area contributed by atoms with Crippen molar-refractivity contribution in [3.63, 3.8) is 0 Å². The molecule has 3 nitrogen and oxygen atoms in total. The Balaban J connectivity index is 3.12. The number of hydrogen-bond acceptors (Lipinski definition) is 2. The average molecular weight is 262 g/mol. The van der Waals surface area contributed by atoms with Gasteiger partial charge in [0.2, 0.25) is 10.0 Å². The summed E-state index contributed by atoms with van der Waals surface area (Å²) in [6.07, 6.45) is 0. The Morgan fingerprint density at radius 2 is 2.00 bits per heavy atom. The second-order valence-electron chi connectivity index (χ2n) is 3.95. The maximum atomic E-state index is 12.0. The van der Waals surface area contributed by atoms with Crippen molar-refractivity contribution in [3.8, 4) is 0 Å². The lowest BCUT2D eigenvalue weighted by Gasteiger charge is -2.13. The molecule has 0 heterocycles. The first kappa shape index (κ1) is 13.5. The van der Waals surface area contributed by atoms with E-state index in [1.54, 1.807) is 26.0 Å². The van der Waals surface area contributed by atoms with E-state index in [9.17, 15) is 8.42 Å². The van der Waals surface area contributed by atoms with Gasteiger partial charge in [-0.05, 0) is 38.0 Å². The molecular weight excluding hydrogens is 246 g/mol. The van der Waals surface area contributed by atoms with Crippen molar-refractivity contribution in [1.82, 2.24) is 4.72 Å². The molecule has 0 bridgehead atoms. The van der Waals surface area contributed by atoms with Crippen LogP contribution in [0.4, 0.5) is 0 Å². The number of aryl methyl sites for hydroxylation is 2. The predicted octanol–water partition coefficient (Wildman–Crippen LogP) is 2.21. The Morgan fingerprint density at radius 3 is 2.56 bits per heavy atom. The molecule has 16 heavy (non-hydrogen) atoms. The lowest BCUT2D eigenvalue weighted by Crippen LogP contribution is -2.34. The zero-order chi connectivity index (χ0) is 12.3. The highest BCUT2D eigenvalue weighted by Crippen LogP contribution is 2.16. The van der Waals surface area contributed by atoms with E-state index < -0.39 is 10.0 Å². The third kappa shape index (κ3) is 3.20. The summed E-state index contributed by atoms with van der Waals surface area (Å²) in [5.74, 6) is 0.254. The van der Waals surface area contributed by atoms with Crippen LogP contribution in [-0.2, 0) is 10.0 Å². The van der Waals surface area contributed by atoms with Crippen molar-refractivity contribution in [2.75, 3.05) is 5.88 Å². The Kier molecular flexibility index (Phi) is 4.35. The Morgan fingerprint density at radius 1 is 1.38 bits per heavy atom. The minimum absolute atomic E-state index is 0.254. The molecule has 1 unspecified atom stereocenters. The Bertz CT molecular complexity index is 471. The molecule has 0 saturated carbocycles. The molecule has 0 aliphatic rings. The second kappa shape index (κ2) is 5.17. The van der Waals surface area contributed by atoms with Gasteiger partial charge in [0.25, 0.3) is 0 Å². The first-order chi connectivity index (χ1) is 7.36. The van der Waals surface area contributed by atoms with Gasteiger partial charge in [-0.3, -0.25) is 0 Å². The van der Waals surface area contributed by atoms with Gasteiger partial charge in [-0.1, -0.05) is 12.1 Å². The van der Waals surface area contributed by atoms with Crippen LogP contribution < -0.4 is 4.72 Å². The first-order valence-corrected chi connectivity index (χ1v) is 7.04. The smallest absolute Gasteiger partial charge is 0.207 e. The van der Waals surface area contributed by atoms with E-state index in [0.717, 1.165) is 11.1 Å². The molecule has 0 aliphatic heterocycles. The van der Waals surface area contributed by atoms with Crippen LogP contribution in [0.5, 0.6) is 0 Å². The number of sulfonamides is 1. The summed E-state index contributed by atoms with van der Waals surface area (Å²) in [6, 6.07) is 5.08. The molecule has 0 aliphatic carbocycles. The third-order valence-corrected chi connectivity index (χ3v) is 4.42. The van der Waals surface area contributed by atoms with Gasteiger partial charge in [0.05, 0.1) is 4.90 Å². The molecule has 5 heteroatoms. The normalized spacial score (nSPS) is 13.8. The lowest BCUT2D eigenvalue weighted by molar-refractivity contribution is 0.570. The average Bonchev–Trinajstić information content (AvgIpc) is 2.20. The minimum atomic E-state index is -3.46. The van der Waals surface area contributed by atoms with E-state index in [1.165, 1.54) is 0 Å². The number of benzene rings is 1. The van der Waals surface area contributed by atoms with Crippen LogP contribution in [-0.4, -0.2) is 20.3 Å². The number of nitrogens with one attached hydrogen (secondary N) is 1. The molecule has 0 radical (unpaired) electrons. The second-order valence-corrected chi connectivity index (χ2v) is 5.94. The molecule has 1 N–H and O–H groups in total. The standard InChI is InChI=1S/C11H16ClNO2S/c1-8-4-5-9(2)11(6-8)16(14,15)13-10(3)7-12/h4-6,10,13H,7H2,1-3H3. The van der Waals surface area contributed by atoms with Crippen molar-refractivity contribution in [2.24, 2.45) is 0 Å². The largest absolute Gasteiger partial charge is 0.241 e. The molecule has 0 fully saturated rings. The quantitative estimate of drug-likeness (QED) is 0.845. The van der Waals surface area contributed by atoms with Crippen LogP contribution in [0.2, 0.25) is 0 Å². The Hall–Kier alpha value is -0.580. The van der Waals surface area contributed by atoms with E-state index in [4.69, 9.17) is 11.6 Å². The van der Waals surface area contributed by atoms with Crippen LogP contribution >= 0.6 is 11.6 Å². The maximum absolute atomic E-state index is 12.0.